The molecule has 0 heterocycles. The first-order valence-electron chi connectivity index (χ1n) is 5.64. The van der Waals surface area contributed by atoms with Crippen LogP contribution < -0.4 is 0 Å². The van der Waals surface area contributed by atoms with Gasteiger partial charge in [0.15, 0.2) is 0 Å². The molecule has 0 aliphatic heterocycles. The Hall–Kier alpha value is -1.67. The van der Waals surface area contributed by atoms with Crippen molar-refractivity contribution >= 4 is 28.1 Å². The Bertz CT molecular complexity index is 586. The van der Waals surface area contributed by atoms with Crippen molar-refractivity contribution in [1.29, 1.82) is 0 Å². The van der Waals surface area contributed by atoms with Crippen LogP contribution in [0.25, 0.3) is 0 Å². The van der Waals surface area contributed by atoms with Crippen LogP contribution in [-0.4, -0.2) is 22.8 Å². The van der Waals surface area contributed by atoms with E-state index in [0.717, 1.165) is 12.1 Å². The van der Waals surface area contributed by atoms with Gasteiger partial charge in [-0.25, -0.2) is 4.99 Å². The lowest BCUT2D eigenvalue weighted by Crippen LogP contribution is -2.29. The van der Waals surface area contributed by atoms with E-state index in [9.17, 15) is 23.3 Å². The van der Waals surface area contributed by atoms with Gasteiger partial charge in [0.05, 0.1) is 10.6 Å². The van der Waals surface area contributed by atoms with Crippen LogP contribution in [0.15, 0.2) is 23.2 Å². The monoisotopic (exact) mass is 324 g/mol. The van der Waals surface area contributed by atoms with E-state index in [-0.39, 0.29) is 10.9 Å². The molecule has 0 amide bonds. The van der Waals surface area contributed by atoms with Crippen molar-refractivity contribution in [1.82, 2.24) is 0 Å². The van der Waals surface area contributed by atoms with Gasteiger partial charge in [-0.1, -0.05) is 11.6 Å². The van der Waals surface area contributed by atoms with Gasteiger partial charge in [0.25, 0.3) is 5.69 Å². The molecular weight excluding hydrogens is 313 g/mol. The number of alkyl halides is 3. The zero-order chi connectivity index (χ0) is 16.4. The van der Waals surface area contributed by atoms with E-state index < -0.39 is 28.0 Å². The Kier molecular flexibility index (Phi) is 4.95. The van der Waals surface area contributed by atoms with E-state index in [1.165, 1.54) is 7.11 Å². The molecule has 1 aromatic rings. The number of nitrogens with zero attached hydrogens (tertiary/aromatic N) is 2. The van der Waals surface area contributed by atoms with E-state index in [0.29, 0.717) is 6.07 Å². The van der Waals surface area contributed by atoms with Crippen molar-refractivity contribution in [2.24, 2.45) is 4.99 Å². The molecule has 1 rings (SSSR count). The fourth-order valence-electron chi connectivity index (χ4n) is 1.31. The van der Waals surface area contributed by atoms with Gasteiger partial charge < -0.3 is 4.74 Å². The van der Waals surface area contributed by atoms with Gasteiger partial charge >= 0.3 is 6.18 Å². The highest BCUT2D eigenvalue weighted by Gasteiger charge is 2.38. The predicted octanol–water partition coefficient (Wildman–Crippen LogP) is 4.31. The van der Waals surface area contributed by atoms with Crippen LogP contribution in [-0.2, 0) is 10.9 Å². The molecule has 0 bridgehead atoms. The van der Waals surface area contributed by atoms with Crippen LogP contribution in [0.2, 0.25) is 0 Å². The Balaban J connectivity index is 3.37. The smallest absolute Gasteiger partial charge is 0.372 e. The van der Waals surface area contributed by atoms with Crippen molar-refractivity contribution in [2.45, 2.75) is 25.6 Å². The van der Waals surface area contributed by atoms with Crippen molar-refractivity contribution in [3.8, 4) is 0 Å². The number of hydrogen-bond donors (Lipinski definition) is 0. The molecule has 5 nitrogen and oxygen atoms in total. The lowest BCUT2D eigenvalue weighted by atomic mass is 10.1. The topological polar surface area (TPSA) is 64.7 Å². The quantitative estimate of drug-likeness (QED) is 0.471. The molecule has 0 saturated carbocycles. The lowest BCUT2D eigenvalue weighted by molar-refractivity contribution is -0.388. The Labute approximate surface area is 123 Å². The predicted molar refractivity (Wildman–Crippen MR) is 72.1 cm³/mol. The normalized spacial score (nSPS) is 13.4. The van der Waals surface area contributed by atoms with Gasteiger partial charge in [0.1, 0.15) is 16.3 Å². The average Bonchev–Trinajstić information content (AvgIpc) is 2.37. The first-order chi connectivity index (χ1) is 9.49. The number of nitro benzene ring substituents is 1. The number of halogens is 4. The molecule has 0 spiro atoms. The summed E-state index contributed by atoms with van der Waals surface area (Å²) in [5.74, 6) is 0. The van der Waals surface area contributed by atoms with Crippen LogP contribution in [0.1, 0.15) is 19.4 Å². The fourth-order valence-corrected chi connectivity index (χ4v) is 1.49. The maximum absolute atomic E-state index is 12.8. The third-order valence-corrected chi connectivity index (χ3v) is 3.26. The van der Waals surface area contributed by atoms with Gasteiger partial charge in [-0.05, 0) is 26.0 Å². The summed E-state index contributed by atoms with van der Waals surface area (Å²) < 4.78 is 43.5. The standard InChI is InChI=1S/C12H12ClF3N2O3/c1-11(2,21-3)10(13)17-7-4-5-9(18(19)20)8(6-7)12(14,15)16/h4-6H,1-3H3. The second-order valence-corrected chi connectivity index (χ2v) is 4.93. The van der Waals surface area contributed by atoms with Crippen LogP contribution in [0.5, 0.6) is 0 Å². The maximum atomic E-state index is 12.8. The molecule has 116 valence electrons. The van der Waals surface area contributed by atoms with Crippen molar-refractivity contribution in [3.63, 3.8) is 0 Å². The summed E-state index contributed by atoms with van der Waals surface area (Å²) in [7, 11) is 1.37. The minimum absolute atomic E-state index is 0.0769. The van der Waals surface area contributed by atoms with E-state index in [2.05, 4.69) is 4.99 Å². The molecule has 1 aromatic carbocycles. The molecule has 9 heteroatoms. The van der Waals surface area contributed by atoms with Gasteiger partial charge in [0.2, 0.25) is 0 Å². The van der Waals surface area contributed by atoms with E-state index >= 15 is 0 Å². The zero-order valence-electron chi connectivity index (χ0n) is 11.4. The second-order valence-electron chi connectivity index (χ2n) is 4.57. The van der Waals surface area contributed by atoms with Gasteiger partial charge in [-0.2, -0.15) is 13.2 Å². The highest BCUT2D eigenvalue weighted by molar-refractivity contribution is 6.67. The van der Waals surface area contributed by atoms with Crippen LogP contribution in [0.4, 0.5) is 24.5 Å². The summed E-state index contributed by atoms with van der Waals surface area (Å²) in [6, 6.07) is 2.40. The number of benzene rings is 1. The van der Waals surface area contributed by atoms with Crippen LogP contribution >= 0.6 is 11.6 Å². The van der Waals surface area contributed by atoms with Crippen molar-refractivity contribution in [3.05, 3.63) is 33.9 Å². The van der Waals surface area contributed by atoms with Crippen molar-refractivity contribution in [2.75, 3.05) is 7.11 Å². The van der Waals surface area contributed by atoms with Crippen molar-refractivity contribution < 1.29 is 22.8 Å². The maximum Gasteiger partial charge on any atom is 0.423 e. The summed E-state index contributed by atoms with van der Waals surface area (Å²) in [5, 5.41) is 10.6. The number of nitro groups is 1. The molecular formula is C12H12ClF3N2O3. The molecule has 0 aromatic heterocycles. The first-order valence-corrected chi connectivity index (χ1v) is 6.02. The van der Waals surface area contributed by atoms with Crippen LogP contribution in [0, 0.1) is 10.1 Å². The van der Waals surface area contributed by atoms with E-state index in [1.54, 1.807) is 13.8 Å². The number of rotatable bonds is 4. The Morgan fingerprint density at radius 1 is 1.38 bits per heavy atom. The Morgan fingerprint density at radius 3 is 2.38 bits per heavy atom. The third kappa shape index (κ3) is 4.15. The summed E-state index contributed by atoms with van der Waals surface area (Å²) in [6.45, 7) is 3.16. The molecule has 0 saturated heterocycles. The summed E-state index contributed by atoms with van der Waals surface area (Å²) in [4.78, 5) is 13.3. The largest absolute Gasteiger partial charge is 0.423 e. The third-order valence-electron chi connectivity index (χ3n) is 2.72. The molecule has 0 radical (unpaired) electrons. The van der Waals surface area contributed by atoms with Gasteiger partial charge in [-0.3, -0.25) is 10.1 Å². The molecule has 0 aliphatic rings. The Morgan fingerprint density at radius 2 is 1.95 bits per heavy atom. The van der Waals surface area contributed by atoms with E-state index in [4.69, 9.17) is 16.3 Å². The molecule has 0 aliphatic carbocycles. The average molecular weight is 325 g/mol. The van der Waals surface area contributed by atoms with Crippen LogP contribution in [0.3, 0.4) is 0 Å². The highest BCUT2D eigenvalue weighted by Crippen LogP contribution is 2.38. The lowest BCUT2D eigenvalue weighted by Gasteiger charge is -2.20. The van der Waals surface area contributed by atoms with Gasteiger partial charge in [0, 0.05) is 13.2 Å². The van der Waals surface area contributed by atoms with E-state index in [1.807, 2.05) is 0 Å². The number of aliphatic imine (C=N–C) groups is 1. The summed E-state index contributed by atoms with van der Waals surface area (Å²) in [5.41, 5.74) is -3.55. The zero-order valence-corrected chi connectivity index (χ0v) is 12.1. The first kappa shape index (κ1) is 17.4. The fraction of sp³-hybridized carbons (Fsp3) is 0.417. The summed E-state index contributed by atoms with van der Waals surface area (Å²) >= 11 is 5.89. The second kappa shape index (κ2) is 5.98. The molecule has 0 atom stereocenters. The number of hydrogen-bond acceptors (Lipinski definition) is 4. The highest BCUT2D eigenvalue weighted by atomic mass is 35.5. The SMILES string of the molecule is COC(C)(C)C(Cl)=Nc1ccc([N+](=O)[O-])c(C(F)(F)F)c1. The minimum Gasteiger partial charge on any atom is -0.372 e. The minimum atomic E-state index is -4.86. The molecule has 0 N–H and O–H groups in total. The number of ether oxygens (including phenoxy) is 1. The summed E-state index contributed by atoms with van der Waals surface area (Å²) in [6.07, 6.45) is -4.86. The molecule has 0 fully saturated rings. The molecule has 0 unspecified atom stereocenters. The molecule has 21 heavy (non-hydrogen) atoms. The van der Waals surface area contributed by atoms with Gasteiger partial charge in [-0.15, -0.1) is 0 Å². The number of methoxy groups -OCH3 is 1.